The van der Waals surface area contributed by atoms with Gasteiger partial charge in [-0.3, -0.25) is 9.59 Å². The number of esters is 2. The Labute approximate surface area is 172 Å². The molecule has 0 aliphatic carbocycles. The van der Waals surface area contributed by atoms with Crippen LogP contribution in [0.25, 0.3) is 0 Å². The molecule has 0 aromatic rings. The van der Waals surface area contributed by atoms with E-state index in [2.05, 4.69) is 28.1 Å². The molecule has 0 saturated carbocycles. The lowest BCUT2D eigenvalue weighted by Crippen LogP contribution is -2.22. The molecule has 0 bridgehead atoms. The Bertz CT molecular complexity index is 350. The van der Waals surface area contributed by atoms with Gasteiger partial charge in [0.15, 0.2) is 0 Å². The topological polar surface area (TPSA) is 88.1 Å². The summed E-state index contributed by atoms with van der Waals surface area (Å²) >= 11 is 0. The van der Waals surface area contributed by atoms with Crippen LogP contribution in [-0.2, 0) is 28.5 Å². The molecule has 0 rings (SSSR count). The van der Waals surface area contributed by atoms with Gasteiger partial charge in [0.2, 0.25) is 0 Å². The summed E-state index contributed by atoms with van der Waals surface area (Å²) in [6.45, 7) is 20.1. The number of hydrogen-bond acceptors (Lipinski definition) is 7. The van der Waals surface area contributed by atoms with Gasteiger partial charge in [-0.05, 0) is 48.5 Å². The quantitative estimate of drug-likeness (QED) is 0.421. The highest BCUT2D eigenvalue weighted by Gasteiger charge is 2.21. The molecule has 0 aliphatic heterocycles. The van der Waals surface area contributed by atoms with Crippen LogP contribution in [0.4, 0.5) is 4.79 Å². The van der Waals surface area contributed by atoms with Crippen molar-refractivity contribution in [2.45, 2.75) is 88.5 Å². The Balaban J connectivity index is -0.000000141. The van der Waals surface area contributed by atoms with E-state index in [1.807, 2.05) is 27.7 Å². The van der Waals surface area contributed by atoms with Crippen molar-refractivity contribution in [3.05, 3.63) is 0 Å². The largest absolute Gasteiger partial charge is 0.508 e. The maximum Gasteiger partial charge on any atom is 0.508 e. The second-order valence-corrected chi connectivity index (χ2v) is 6.36. The normalized spacial score (nSPS) is 9.07. The number of ether oxygens (including phenoxy) is 4. The zero-order valence-corrected chi connectivity index (χ0v) is 19.8. The fraction of sp³-hybridized carbons (Fsp3) is 0.857. The number of rotatable bonds is 6. The van der Waals surface area contributed by atoms with Gasteiger partial charge in [0.1, 0.15) is 0 Å². The summed E-state index contributed by atoms with van der Waals surface area (Å²) in [5, 5.41) is 0. The van der Waals surface area contributed by atoms with Crippen molar-refractivity contribution in [1.29, 1.82) is 0 Å². The first kappa shape index (κ1) is 33.8. The minimum Gasteiger partial charge on any atom is -0.466 e. The van der Waals surface area contributed by atoms with Crippen LogP contribution in [-0.4, -0.2) is 44.5 Å². The van der Waals surface area contributed by atoms with Crippen molar-refractivity contribution >= 4 is 18.1 Å². The molecule has 0 aromatic carbocycles. The smallest absolute Gasteiger partial charge is 0.466 e. The summed E-state index contributed by atoms with van der Waals surface area (Å²) in [4.78, 5) is 30.9. The zero-order chi connectivity index (χ0) is 23.0. The summed E-state index contributed by atoms with van der Waals surface area (Å²) in [5.74, 6) is -0.345. The van der Waals surface area contributed by atoms with Gasteiger partial charge in [0.25, 0.3) is 0 Å². The molecule has 0 spiro atoms. The first-order valence-corrected chi connectivity index (χ1v) is 10.1. The van der Waals surface area contributed by atoms with Crippen LogP contribution < -0.4 is 0 Å². The fourth-order valence-corrected chi connectivity index (χ4v) is 1.18. The first-order valence-electron chi connectivity index (χ1n) is 10.1. The van der Waals surface area contributed by atoms with Crippen LogP contribution >= 0.6 is 0 Å². The molecular weight excluding hydrogens is 364 g/mol. The number of carbonyl (C=O) groups excluding carboxylic acids is 3. The molecule has 0 saturated heterocycles. The van der Waals surface area contributed by atoms with Crippen molar-refractivity contribution in [2.24, 2.45) is 5.41 Å². The average Bonchev–Trinajstić information content (AvgIpc) is 2.57. The van der Waals surface area contributed by atoms with E-state index in [-0.39, 0.29) is 17.4 Å². The van der Waals surface area contributed by atoms with Crippen molar-refractivity contribution in [2.75, 3.05) is 26.4 Å². The molecule has 0 N–H and O–H groups in total. The SMILES string of the molecule is CCCCC.CCOC(=O)C(C)(C)C.CCOC(=O)OCC.CCOC(C)=O. The minimum atomic E-state index is -0.588. The third-order valence-electron chi connectivity index (χ3n) is 2.47. The third-order valence-corrected chi connectivity index (χ3v) is 2.47. The van der Waals surface area contributed by atoms with Crippen LogP contribution in [0.15, 0.2) is 0 Å². The fourth-order valence-electron chi connectivity index (χ4n) is 1.18. The maximum absolute atomic E-state index is 10.8. The van der Waals surface area contributed by atoms with E-state index in [1.54, 1.807) is 20.8 Å². The average molecular weight is 409 g/mol. The molecule has 0 aromatic heterocycles. The number of carbonyl (C=O) groups is 3. The summed E-state index contributed by atoms with van der Waals surface area (Å²) in [6.07, 6.45) is 3.49. The first-order chi connectivity index (χ1) is 13.0. The molecule has 0 atom stereocenters. The van der Waals surface area contributed by atoms with E-state index in [1.165, 1.54) is 26.2 Å². The van der Waals surface area contributed by atoms with E-state index in [4.69, 9.17) is 4.74 Å². The van der Waals surface area contributed by atoms with E-state index < -0.39 is 6.16 Å². The monoisotopic (exact) mass is 408 g/mol. The Hall–Kier alpha value is -1.79. The van der Waals surface area contributed by atoms with E-state index >= 15 is 0 Å². The van der Waals surface area contributed by atoms with Gasteiger partial charge < -0.3 is 18.9 Å². The van der Waals surface area contributed by atoms with Crippen LogP contribution in [0, 0.1) is 5.41 Å². The number of unbranched alkanes of at least 4 members (excludes halogenated alkanes) is 2. The second kappa shape index (κ2) is 25.2. The Morgan fingerprint density at radius 1 is 0.643 bits per heavy atom. The predicted molar refractivity (Wildman–Crippen MR) is 112 cm³/mol. The predicted octanol–water partition coefficient (Wildman–Crippen LogP) is 5.54. The molecule has 7 heteroatoms. The van der Waals surface area contributed by atoms with Gasteiger partial charge in [-0.15, -0.1) is 0 Å². The van der Waals surface area contributed by atoms with Crippen LogP contribution in [0.3, 0.4) is 0 Å². The van der Waals surface area contributed by atoms with Gasteiger partial charge >= 0.3 is 18.1 Å². The van der Waals surface area contributed by atoms with Crippen molar-refractivity contribution in [1.82, 2.24) is 0 Å². The van der Waals surface area contributed by atoms with E-state index in [0.29, 0.717) is 26.4 Å². The van der Waals surface area contributed by atoms with Crippen molar-refractivity contribution in [3.8, 4) is 0 Å². The highest BCUT2D eigenvalue weighted by atomic mass is 16.7. The van der Waals surface area contributed by atoms with E-state index in [0.717, 1.165) is 0 Å². The molecular formula is C21H44O7. The standard InChI is InChI=1S/C7H14O2.C5H10O3.C5H12.C4H8O2/c1-5-9-6(8)7(2,3)4;1-3-7-5(6)8-4-2;1-3-5-4-2;1-3-6-4(2)5/h5H2,1-4H3;3-4H2,1-2H3;3-5H2,1-2H3;3H2,1-2H3. The maximum atomic E-state index is 10.8. The molecule has 7 nitrogen and oxygen atoms in total. The van der Waals surface area contributed by atoms with Crippen LogP contribution in [0.2, 0.25) is 0 Å². The highest BCUT2D eigenvalue weighted by molar-refractivity contribution is 5.75. The minimum absolute atomic E-state index is 0.134. The van der Waals surface area contributed by atoms with Crippen molar-refractivity contribution < 1.29 is 33.3 Å². The summed E-state index contributed by atoms with van der Waals surface area (Å²) in [5.41, 5.74) is -0.351. The van der Waals surface area contributed by atoms with Crippen LogP contribution in [0.5, 0.6) is 0 Å². The van der Waals surface area contributed by atoms with Gasteiger partial charge in [0, 0.05) is 6.92 Å². The lowest BCUT2D eigenvalue weighted by atomic mass is 9.97. The molecule has 170 valence electrons. The lowest BCUT2D eigenvalue weighted by Gasteiger charge is -2.14. The summed E-state index contributed by atoms with van der Waals surface area (Å²) in [6, 6.07) is 0. The second-order valence-electron chi connectivity index (χ2n) is 6.36. The van der Waals surface area contributed by atoms with Gasteiger partial charge in [0.05, 0.1) is 31.8 Å². The molecule has 28 heavy (non-hydrogen) atoms. The molecule has 0 unspecified atom stereocenters. The lowest BCUT2D eigenvalue weighted by molar-refractivity contribution is -0.152. The highest BCUT2D eigenvalue weighted by Crippen LogP contribution is 2.14. The molecule has 0 aliphatic rings. The van der Waals surface area contributed by atoms with Gasteiger partial charge in [-0.1, -0.05) is 33.1 Å². The van der Waals surface area contributed by atoms with Gasteiger partial charge in [-0.2, -0.15) is 0 Å². The van der Waals surface area contributed by atoms with Gasteiger partial charge in [-0.25, -0.2) is 4.79 Å². The number of hydrogen-bond donors (Lipinski definition) is 0. The molecule has 0 radical (unpaired) electrons. The molecule has 0 heterocycles. The summed E-state index contributed by atoms with van der Waals surface area (Å²) in [7, 11) is 0. The van der Waals surface area contributed by atoms with E-state index in [9.17, 15) is 14.4 Å². The summed E-state index contributed by atoms with van der Waals surface area (Å²) < 4.78 is 18.0. The molecule has 0 fully saturated rings. The Kier molecular flexibility index (Phi) is 30.4. The zero-order valence-electron chi connectivity index (χ0n) is 19.8. The van der Waals surface area contributed by atoms with Crippen LogP contribution in [0.1, 0.15) is 88.5 Å². The third kappa shape index (κ3) is 39.3. The Morgan fingerprint density at radius 2 is 1.00 bits per heavy atom. The Morgan fingerprint density at radius 3 is 1.11 bits per heavy atom. The molecule has 0 amide bonds. The van der Waals surface area contributed by atoms with Crippen molar-refractivity contribution in [3.63, 3.8) is 0 Å².